The van der Waals surface area contributed by atoms with Gasteiger partial charge in [-0.2, -0.15) is 0 Å². The summed E-state index contributed by atoms with van der Waals surface area (Å²) in [5, 5.41) is 5.72. The molecule has 1 aliphatic rings. The molecule has 20 heavy (non-hydrogen) atoms. The lowest BCUT2D eigenvalue weighted by Crippen LogP contribution is -2.42. The molecule has 3 rings (SSSR count). The number of carbonyl (C=O) groups is 1. The number of fused-ring (bicyclic) bond motifs is 1. The molecule has 1 aliphatic heterocycles. The first-order valence-electron chi connectivity index (χ1n) is 6.55. The van der Waals surface area contributed by atoms with Crippen LogP contribution >= 0.6 is 22.9 Å². The Morgan fingerprint density at radius 1 is 1.35 bits per heavy atom. The molecule has 3 nitrogen and oxygen atoms in total. The van der Waals surface area contributed by atoms with E-state index in [0.29, 0.717) is 18.1 Å². The van der Waals surface area contributed by atoms with Gasteiger partial charge in [-0.25, -0.2) is 4.79 Å². The molecule has 0 spiro atoms. The summed E-state index contributed by atoms with van der Waals surface area (Å²) in [7, 11) is 0. The van der Waals surface area contributed by atoms with Crippen molar-refractivity contribution in [2.45, 2.75) is 19.5 Å². The highest BCUT2D eigenvalue weighted by Gasteiger charge is 2.21. The molecular formula is C15H15ClN2OS. The van der Waals surface area contributed by atoms with E-state index < -0.39 is 0 Å². The van der Waals surface area contributed by atoms with Crippen LogP contribution in [0.4, 0.5) is 4.79 Å². The van der Waals surface area contributed by atoms with Crippen LogP contribution in [0.1, 0.15) is 16.0 Å². The van der Waals surface area contributed by atoms with E-state index in [2.05, 4.69) is 16.8 Å². The third-order valence-electron chi connectivity index (χ3n) is 3.48. The average Bonchev–Trinajstić information content (AvgIpc) is 2.93. The van der Waals surface area contributed by atoms with Crippen molar-refractivity contribution in [3.8, 4) is 0 Å². The standard InChI is InChI=1S/C15H15ClN2OS/c16-13-4-2-1-3-11(13)9-17-15(19)18-7-5-14-12(10-18)6-8-20-14/h1-4,6,8H,5,7,9-10H2,(H,17,19). The Labute approximate surface area is 127 Å². The van der Waals surface area contributed by atoms with E-state index in [1.165, 1.54) is 10.4 Å². The minimum Gasteiger partial charge on any atom is -0.334 e. The van der Waals surface area contributed by atoms with Gasteiger partial charge in [-0.3, -0.25) is 0 Å². The predicted octanol–water partition coefficient (Wildman–Crippen LogP) is 3.67. The van der Waals surface area contributed by atoms with Crippen molar-refractivity contribution in [3.63, 3.8) is 0 Å². The summed E-state index contributed by atoms with van der Waals surface area (Å²) >= 11 is 7.86. The van der Waals surface area contributed by atoms with E-state index in [1.54, 1.807) is 11.3 Å². The molecule has 2 heterocycles. The summed E-state index contributed by atoms with van der Waals surface area (Å²) in [5.74, 6) is 0. The zero-order valence-electron chi connectivity index (χ0n) is 10.9. The first-order valence-corrected chi connectivity index (χ1v) is 7.81. The Kier molecular flexibility index (Phi) is 3.94. The molecule has 2 aromatic rings. The maximum atomic E-state index is 12.2. The molecule has 2 amide bonds. The molecule has 0 fully saturated rings. The molecule has 0 saturated heterocycles. The fourth-order valence-corrected chi connectivity index (χ4v) is 3.44. The van der Waals surface area contributed by atoms with Crippen molar-refractivity contribution in [1.82, 2.24) is 10.2 Å². The molecule has 1 N–H and O–H groups in total. The van der Waals surface area contributed by atoms with Crippen molar-refractivity contribution in [2.24, 2.45) is 0 Å². The van der Waals surface area contributed by atoms with E-state index >= 15 is 0 Å². The van der Waals surface area contributed by atoms with Crippen molar-refractivity contribution in [1.29, 1.82) is 0 Å². The van der Waals surface area contributed by atoms with Crippen molar-refractivity contribution in [2.75, 3.05) is 6.54 Å². The van der Waals surface area contributed by atoms with Crippen LogP contribution in [0.2, 0.25) is 5.02 Å². The maximum absolute atomic E-state index is 12.2. The lowest BCUT2D eigenvalue weighted by Gasteiger charge is -2.27. The average molecular weight is 307 g/mol. The van der Waals surface area contributed by atoms with Crippen LogP contribution in [0.5, 0.6) is 0 Å². The summed E-state index contributed by atoms with van der Waals surface area (Å²) in [5.41, 5.74) is 2.21. The van der Waals surface area contributed by atoms with Crippen LogP contribution in [0.25, 0.3) is 0 Å². The zero-order chi connectivity index (χ0) is 13.9. The topological polar surface area (TPSA) is 32.3 Å². The van der Waals surface area contributed by atoms with Crippen LogP contribution in [-0.2, 0) is 19.5 Å². The molecule has 0 unspecified atom stereocenters. The smallest absolute Gasteiger partial charge is 0.317 e. The third-order valence-corrected chi connectivity index (χ3v) is 4.87. The summed E-state index contributed by atoms with van der Waals surface area (Å²) in [4.78, 5) is 15.4. The number of benzene rings is 1. The first kappa shape index (κ1) is 13.5. The number of hydrogen-bond acceptors (Lipinski definition) is 2. The number of amides is 2. The van der Waals surface area contributed by atoms with Gasteiger partial charge in [0.2, 0.25) is 0 Å². The molecule has 5 heteroatoms. The van der Waals surface area contributed by atoms with Gasteiger partial charge < -0.3 is 10.2 Å². The Morgan fingerprint density at radius 3 is 3.05 bits per heavy atom. The van der Waals surface area contributed by atoms with Crippen molar-refractivity contribution in [3.05, 3.63) is 56.7 Å². The van der Waals surface area contributed by atoms with Gasteiger partial charge in [0.15, 0.2) is 0 Å². The van der Waals surface area contributed by atoms with Crippen LogP contribution in [0, 0.1) is 0 Å². The molecule has 1 aromatic heterocycles. The second-order valence-corrected chi connectivity index (χ2v) is 6.20. The Balaban J connectivity index is 1.59. The number of urea groups is 1. The van der Waals surface area contributed by atoms with Gasteiger partial charge in [0.1, 0.15) is 0 Å². The van der Waals surface area contributed by atoms with E-state index in [9.17, 15) is 4.79 Å². The van der Waals surface area contributed by atoms with Crippen LogP contribution in [0.3, 0.4) is 0 Å². The highest BCUT2D eigenvalue weighted by molar-refractivity contribution is 7.10. The normalized spacial score (nSPS) is 13.9. The number of halogens is 1. The second kappa shape index (κ2) is 5.85. The van der Waals surface area contributed by atoms with Gasteiger partial charge in [-0.05, 0) is 35.1 Å². The van der Waals surface area contributed by atoms with Gasteiger partial charge >= 0.3 is 6.03 Å². The minimum atomic E-state index is -0.0261. The monoisotopic (exact) mass is 306 g/mol. The quantitative estimate of drug-likeness (QED) is 0.902. The molecule has 1 aromatic carbocycles. The zero-order valence-corrected chi connectivity index (χ0v) is 12.5. The highest BCUT2D eigenvalue weighted by Crippen LogP contribution is 2.24. The van der Waals surface area contributed by atoms with Gasteiger partial charge in [0, 0.05) is 29.5 Å². The second-order valence-electron chi connectivity index (χ2n) is 4.79. The first-order chi connectivity index (χ1) is 9.74. The number of nitrogens with zero attached hydrogens (tertiary/aromatic N) is 1. The minimum absolute atomic E-state index is 0.0261. The maximum Gasteiger partial charge on any atom is 0.317 e. The number of carbonyl (C=O) groups excluding carboxylic acids is 1. The number of nitrogens with one attached hydrogen (secondary N) is 1. The highest BCUT2D eigenvalue weighted by atomic mass is 35.5. The summed E-state index contributed by atoms with van der Waals surface area (Å²) in [6, 6.07) is 9.65. The van der Waals surface area contributed by atoms with Gasteiger partial charge in [-0.1, -0.05) is 29.8 Å². The lowest BCUT2D eigenvalue weighted by molar-refractivity contribution is 0.192. The van der Waals surface area contributed by atoms with Gasteiger partial charge in [-0.15, -0.1) is 11.3 Å². The summed E-state index contributed by atoms with van der Waals surface area (Å²) in [6.07, 6.45) is 0.951. The van der Waals surface area contributed by atoms with E-state index in [0.717, 1.165) is 18.5 Å². The molecule has 0 bridgehead atoms. The number of hydrogen-bond donors (Lipinski definition) is 1. The predicted molar refractivity (Wildman–Crippen MR) is 82.1 cm³/mol. The fraction of sp³-hybridized carbons (Fsp3) is 0.267. The molecule has 0 atom stereocenters. The summed E-state index contributed by atoms with van der Waals surface area (Å²) in [6.45, 7) is 1.94. The number of rotatable bonds is 2. The molecule has 0 aliphatic carbocycles. The van der Waals surface area contributed by atoms with Crippen molar-refractivity contribution >= 4 is 29.0 Å². The molecule has 104 valence electrons. The van der Waals surface area contributed by atoms with Gasteiger partial charge in [0.05, 0.1) is 0 Å². The lowest BCUT2D eigenvalue weighted by atomic mass is 10.1. The van der Waals surface area contributed by atoms with Crippen LogP contribution in [0.15, 0.2) is 35.7 Å². The Morgan fingerprint density at radius 2 is 2.20 bits per heavy atom. The summed E-state index contributed by atoms with van der Waals surface area (Å²) < 4.78 is 0. The SMILES string of the molecule is O=C(NCc1ccccc1Cl)N1CCc2sccc2C1. The van der Waals surface area contributed by atoms with Crippen LogP contribution in [-0.4, -0.2) is 17.5 Å². The number of thiophene rings is 1. The Bertz CT molecular complexity index is 626. The van der Waals surface area contributed by atoms with E-state index in [-0.39, 0.29) is 6.03 Å². The van der Waals surface area contributed by atoms with Gasteiger partial charge in [0.25, 0.3) is 0 Å². The van der Waals surface area contributed by atoms with Crippen LogP contribution < -0.4 is 5.32 Å². The van der Waals surface area contributed by atoms with E-state index in [1.807, 2.05) is 29.2 Å². The fourth-order valence-electron chi connectivity index (χ4n) is 2.35. The van der Waals surface area contributed by atoms with Crippen molar-refractivity contribution < 1.29 is 4.79 Å². The molecular weight excluding hydrogens is 292 g/mol. The third kappa shape index (κ3) is 2.81. The largest absolute Gasteiger partial charge is 0.334 e. The molecule has 0 radical (unpaired) electrons. The Hall–Kier alpha value is -1.52. The molecule has 0 saturated carbocycles. The van der Waals surface area contributed by atoms with E-state index in [4.69, 9.17) is 11.6 Å².